The van der Waals surface area contributed by atoms with Crippen LogP contribution in [-0.2, 0) is 15.8 Å². The molecule has 0 amide bonds. The fraction of sp³-hybridized carbons (Fsp3) is 0.524. The molecule has 2 fully saturated rings. The summed E-state index contributed by atoms with van der Waals surface area (Å²) in [6, 6.07) is 7.60. The molecule has 4 rings (SSSR count). The molecule has 0 spiro atoms. The second-order valence-electron chi connectivity index (χ2n) is 7.98. The number of piperidine rings is 1. The summed E-state index contributed by atoms with van der Waals surface area (Å²) in [6.07, 6.45) is 3.58. The van der Waals surface area contributed by atoms with Crippen molar-refractivity contribution in [3.05, 3.63) is 47.4 Å². The number of sulfonamides is 1. The predicted molar refractivity (Wildman–Crippen MR) is 116 cm³/mol. The zero-order valence-electron chi connectivity index (χ0n) is 17.3. The van der Waals surface area contributed by atoms with Crippen LogP contribution in [-0.4, -0.2) is 62.0 Å². The van der Waals surface area contributed by atoms with Crippen LogP contribution in [0.3, 0.4) is 0 Å². The summed E-state index contributed by atoms with van der Waals surface area (Å²) < 4.78 is 40.2. The molecular weight excluding hydrogens is 405 g/mol. The summed E-state index contributed by atoms with van der Waals surface area (Å²) in [5.74, 6) is 1.16. The Morgan fingerprint density at radius 1 is 0.900 bits per heavy atom. The normalized spacial score (nSPS) is 18.6. The smallest absolute Gasteiger partial charge is 0.227 e. The number of aryl methyl sites for hydroxylation is 1. The van der Waals surface area contributed by atoms with Gasteiger partial charge in [0.15, 0.2) is 0 Å². The highest BCUT2D eigenvalue weighted by Gasteiger charge is 2.28. The molecule has 0 aliphatic carbocycles. The minimum Gasteiger partial charge on any atom is -0.354 e. The highest BCUT2D eigenvalue weighted by molar-refractivity contribution is 7.88. The van der Waals surface area contributed by atoms with Crippen molar-refractivity contribution >= 4 is 21.8 Å². The first-order chi connectivity index (χ1) is 14.4. The monoisotopic (exact) mass is 433 g/mol. The van der Waals surface area contributed by atoms with E-state index >= 15 is 0 Å². The van der Waals surface area contributed by atoms with Gasteiger partial charge in [0.05, 0.1) is 5.75 Å². The van der Waals surface area contributed by atoms with Crippen LogP contribution in [0.4, 0.5) is 16.2 Å². The number of rotatable bonds is 5. The lowest BCUT2D eigenvalue weighted by Crippen LogP contribution is -2.49. The maximum absolute atomic E-state index is 13.1. The molecule has 2 aliphatic heterocycles. The fourth-order valence-electron chi connectivity index (χ4n) is 4.01. The van der Waals surface area contributed by atoms with E-state index < -0.39 is 10.0 Å². The van der Waals surface area contributed by atoms with Gasteiger partial charge in [-0.1, -0.05) is 12.1 Å². The molecule has 1 aromatic carbocycles. The lowest BCUT2D eigenvalue weighted by atomic mass is 10.1. The van der Waals surface area contributed by atoms with E-state index in [-0.39, 0.29) is 11.6 Å². The second kappa shape index (κ2) is 8.85. The molecule has 0 saturated carbocycles. The van der Waals surface area contributed by atoms with Crippen LogP contribution in [0.15, 0.2) is 30.3 Å². The van der Waals surface area contributed by atoms with Crippen molar-refractivity contribution < 1.29 is 12.8 Å². The summed E-state index contributed by atoms with van der Waals surface area (Å²) in [5.41, 5.74) is 1.52. The van der Waals surface area contributed by atoms with Gasteiger partial charge in [-0.15, -0.1) is 0 Å². The molecule has 30 heavy (non-hydrogen) atoms. The van der Waals surface area contributed by atoms with Crippen molar-refractivity contribution in [2.75, 3.05) is 49.1 Å². The van der Waals surface area contributed by atoms with Gasteiger partial charge < -0.3 is 9.80 Å². The Hall–Kier alpha value is -2.26. The lowest BCUT2D eigenvalue weighted by Gasteiger charge is -2.35. The summed E-state index contributed by atoms with van der Waals surface area (Å²) in [5, 5.41) is 0. The first-order valence-electron chi connectivity index (χ1n) is 10.5. The van der Waals surface area contributed by atoms with Crippen LogP contribution in [0.5, 0.6) is 0 Å². The summed E-state index contributed by atoms with van der Waals surface area (Å²) in [6.45, 7) is 5.92. The van der Waals surface area contributed by atoms with Crippen molar-refractivity contribution in [1.82, 2.24) is 14.3 Å². The first-order valence-corrected chi connectivity index (χ1v) is 12.1. The number of halogens is 1. The quantitative estimate of drug-likeness (QED) is 0.722. The van der Waals surface area contributed by atoms with Crippen LogP contribution in [0, 0.1) is 12.7 Å². The molecular formula is C21H28FN5O2S. The van der Waals surface area contributed by atoms with Gasteiger partial charge >= 0.3 is 0 Å². The molecule has 2 saturated heterocycles. The van der Waals surface area contributed by atoms with Gasteiger partial charge in [0, 0.05) is 51.0 Å². The SMILES string of the molecule is Cc1cc(N2CCN(S(=O)(=O)Cc3ccc(F)cc3)CC2)nc(N2CCCCC2)n1. The van der Waals surface area contributed by atoms with Crippen molar-refractivity contribution in [2.24, 2.45) is 0 Å². The van der Waals surface area contributed by atoms with Crippen LogP contribution >= 0.6 is 0 Å². The summed E-state index contributed by atoms with van der Waals surface area (Å²) in [4.78, 5) is 13.8. The molecule has 7 nitrogen and oxygen atoms in total. The number of hydrogen-bond acceptors (Lipinski definition) is 6. The fourth-order valence-corrected chi connectivity index (χ4v) is 5.53. The standard InChI is InChI=1S/C21H28FN5O2S/c1-17-15-20(24-21(23-17)26-9-3-2-4-10-26)25-11-13-27(14-12-25)30(28,29)16-18-5-7-19(22)8-6-18/h5-8,15H,2-4,9-14,16H2,1H3. The number of benzene rings is 1. The van der Waals surface area contributed by atoms with Gasteiger partial charge in [-0.3, -0.25) is 0 Å². The van der Waals surface area contributed by atoms with Gasteiger partial charge in [-0.25, -0.2) is 17.8 Å². The van der Waals surface area contributed by atoms with E-state index in [4.69, 9.17) is 4.98 Å². The van der Waals surface area contributed by atoms with E-state index in [0.717, 1.165) is 43.4 Å². The van der Waals surface area contributed by atoms with Crippen LogP contribution in [0.1, 0.15) is 30.5 Å². The maximum atomic E-state index is 13.1. The van der Waals surface area contributed by atoms with Crippen LogP contribution in [0.2, 0.25) is 0 Å². The van der Waals surface area contributed by atoms with E-state index in [2.05, 4.69) is 14.8 Å². The number of piperazine rings is 1. The highest BCUT2D eigenvalue weighted by atomic mass is 32.2. The Labute approximate surface area is 177 Å². The second-order valence-corrected chi connectivity index (χ2v) is 9.95. The lowest BCUT2D eigenvalue weighted by molar-refractivity contribution is 0.383. The van der Waals surface area contributed by atoms with Crippen molar-refractivity contribution in [3.63, 3.8) is 0 Å². The molecule has 0 atom stereocenters. The average Bonchev–Trinajstić information content (AvgIpc) is 2.75. The number of nitrogens with zero attached hydrogens (tertiary/aromatic N) is 5. The number of anilines is 2. The van der Waals surface area contributed by atoms with E-state index in [1.165, 1.54) is 35.0 Å². The van der Waals surface area contributed by atoms with Gasteiger partial charge in [0.25, 0.3) is 0 Å². The van der Waals surface area contributed by atoms with E-state index in [1.807, 2.05) is 13.0 Å². The zero-order chi connectivity index (χ0) is 21.1. The van der Waals surface area contributed by atoms with E-state index in [9.17, 15) is 12.8 Å². The zero-order valence-corrected chi connectivity index (χ0v) is 18.1. The van der Waals surface area contributed by atoms with Gasteiger partial charge in [-0.2, -0.15) is 9.29 Å². The maximum Gasteiger partial charge on any atom is 0.227 e. The molecule has 0 unspecified atom stereocenters. The Bertz CT molecular complexity index is 969. The van der Waals surface area contributed by atoms with E-state index in [0.29, 0.717) is 31.7 Å². The average molecular weight is 434 g/mol. The molecule has 9 heteroatoms. The Morgan fingerprint density at radius 3 is 2.23 bits per heavy atom. The Kier molecular flexibility index (Phi) is 6.19. The predicted octanol–water partition coefficient (Wildman–Crippen LogP) is 2.57. The van der Waals surface area contributed by atoms with Gasteiger partial charge in [0.2, 0.25) is 16.0 Å². The third-order valence-electron chi connectivity index (χ3n) is 5.69. The van der Waals surface area contributed by atoms with Gasteiger partial charge in [-0.05, 0) is 43.9 Å². The molecule has 1 aromatic heterocycles. The highest BCUT2D eigenvalue weighted by Crippen LogP contribution is 2.22. The minimum atomic E-state index is -3.45. The molecule has 2 aliphatic rings. The van der Waals surface area contributed by atoms with Crippen LogP contribution in [0.25, 0.3) is 0 Å². The van der Waals surface area contributed by atoms with Crippen molar-refractivity contribution in [2.45, 2.75) is 31.9 Å². The Balaban J connectivity index is 1.41. The minimum absolute atomic E-state index is 0.112. The number of aromatic nitrogens is 2. The third-order valence-corrected chi connectivity index (χ3v) is 7.54. The topological polar surface area (TPSA) is 69.6 Å². The molecule has 0 radical (unpaired) electrons. The van der Waals surface area contributed by atoms with Gasteiger partial charge in [0.1, 0.15) is 11.6 Å². The van der Waals surface area contributed by atoms with E-state index in [1.54, 1.807) is 0 Å². The molecule has 3 heterocycles. The molecule has 2 aromatic rings. The molecule has 0 bridgehead atoms. The number of hydrogen-bond donors (Lipinski definition) is 0. The summed E-state index contributed by atoms with van der Waals surface area (Å²) >= 11 is 0. The Morgan fingerprint density at radius 2 is 1.57 bits per heavy atom. The van der Waals surface area contributed by atoms with Crippen LogP contribution < -0.4 is 9.80 Å². The first kappa shape index (κ1) is 21.0. The summed E-state index contributed by atoms with van der Waals surface area (Å²) in [7, 11) is -3.45. The van der Waals surface area contributed by atoms with Crippen molar-refractivity contribution in [3.8, 4) is 0 Å². The van der Waals surface area contributed by atoms with Crippen molar-refractivity contribution in [1.29, 1.82) is 0 Å². The molecule has 0 N–H and O–H groups in total. The third kappa shape index (κ3) is 4.89. The largest absolute Gasteiger partial charge is 0.354 e. The molecule has 162 valence electrons.